The maximum Gasteiger partial charge on any atom is 0.416 e. The number of anilines is 1. The van der Waals surface area contributed by atoms with Crippen molar-refractivity contribution in [3.8, 4) is 11.4 Å². The molecule has 2 unspecified atom stereocenters. The van der Waals surface area contributed by atoms with Crippen molar-refractivity contribution in [2.45, 2.75) is 56.7 Å². The first-order valence-corrected chi connectivity index (χ1v) is 14.9. The summed E-state index contributed by atoms with van der Waals surface area (Å²) >= 11 is 0. The number of aliphatic hydroxyl groups is 1. The lowest BCUT2D eigenvalue weighted by atomic mass is 9.74. The number of carbonyl (C=O) groups excluding carboxylic acids is 1. The van der Waals surface area contributed by atoms with Gasteiger partial charge in [-0.1, -0.05) is 6.07 Å². The highest BCUT2D eigenvalue weighted by atomic mass is 19.4. The van der Waals surface area contributed by atoms with E-state index in [2.05, 4.69) is 15.0 Å². The van der Waals surface area contributed by atoms with Gasteiger partial charge in [-0.25, -0.2) is 9.97 Å². The molecule has 3 aliphatic rings. The maximum absolute atomic E-state index is 13.3. The Labute approximate surface area is 243 Å². The molecule has 222 valence electrons. The number of amides is 1. The van der Waals surface area contributed by atoms with Gasteiger partial charge in [-0.15, -0.1) is 0 Å². The molecule has 10 heteroatoms. The fourth-order valence-electron chi connectivity index (χ4n) is 6.93. The van der Waals surface area contributed by atoms with Gasteiger partial charge in [-0.05, 0) is 93.2 Å². The summed E-state index contributed by atoms with van der Waals surface area (Å²) in [5, 5.41) is 11.4. The minimum Gasteiger partial charge on any atom is -0.384 e. The van der Waals surface area contributed by atoms with Gasteiger partial charge in [-0.3, -0.25) is 9.78 Å². The monoisotopic (exact) mass is 579 g/mol. The quantitative estimate of drug-likeness (QED) is 0.404. The molecule has 1 saturated carbocycles. The Morgan fingerprint density at radius 1 is 0.929 bits per heavy atom. The lowest BCUT2D eigenvalue weighted by molar-refractivity contribution is -0.137. The van der Waals surface area contributed by atoms with Crippen LogP contribution in [0.2, 0.25) is 0 Å². The molecule has 7 nitrogen and oxygen atoms in total. The third kappa shape index (κ3) is 6.14. The molecule has 1 amide bonds. The number of halogens is 3. The number of benzene rings is 1. The van der Waals surface area contributed by atoms with Gasteiger partial charge in [0.15, 0.2) is 5.82 Å². The minimum atomic E-state index is -4.38. The van der Waals surface area contributed by atoms with Crippen LogP contribution in [0, 0.1) is 17.8 Å². The molecule has 1 N–H and O–H groups in total. The standard InChI is InChI=1S/C32H36F3N5O2/c33-32(34,35)26-3-1-4-27(18-26)39-16-10-25(21-39)30(41)40-15-9-23(20-40)17-22-7-11-31(42,12-8-22)28-6-5-24(19-38-28)29-36-13-2-14-37-29/h1-6,13-14,18-19,22-23,25,42H,7-12,15-17,20-21H2. The zero-order valence-electron chi connectivity index (χ0n) is 23.5. The van der Waals surface area contributed by atoms with Gasteiger partial charge in [-0.2, -0.15) is 13.2 Å². The van der Waals surface area contributed by atoms with Crippen LogP contribution in [0.4, 0.5) is 18.9 Å². The number of rotatable bonds is 6. The predicted octanol–water partition coefficient (Wildman–Crippen LogP) is 5.70. The summed E-state index contributed by atoms with van der Waals surface area (Å²) in [4.78, 5) is 30.2. The van der Waals surface area contributed by atoms with E-state index in [4.69, 9.17) is 0 Å². The third-order valence-electron chi connectivity index (χ3n) is 9.34. The number of hydrogen-bond acceptors (Lipinski definition) is 6. The number of carbonyl (C=O) groups is 1. The average Bonchev–Trinajstić information content (AvgIpc) is 3.69. The molecule has 3 aromatic rings. The highest BCUT2D eigenvalue weighted by Crippen LogP contribution is 2.42. The number of pyridine rings is 1. The Morgan fingerprint density at radius 3 is 2.43 bits per heavy atom. The minimum absolute atomic E-state index is 0.125. The normalized spacial score (nSPS) is 26.5. The Bertz CT molecular complexity index is 1380. The predicted molar refractivity (Wildman–Crippen MR) is 152 cm³/mol. The largest absolute Gasteiger partial charge is 0.416 e. The van der Waals surface area contributed by atoms with Crippen LogP contribution in [0.25, 0.3) is 11.4 Å². The van der Waals surface area contributed by atoms with Gasteiger partial charge in [0.05, 0.1) is 17.2 Å². The van der Waals surface area contributed by atoms with E-state index >= 15 is 0 Å². The topological polar surface area (TPSA) is 82.5 Å². The van der Waals surface area contributed by atoms with Crippen LogP contribution in [0.3, 0.4) is 0 Å². The molecule has 0 spiro atoms. The Balaban J connectivity index is 0.977. The first-order chi connectivity index (χ1) is 20.2. The summed E-state index contributed by atoms with van der Waals surface area (Å²) in [6.07, 6.45) is 6.56. The SMILES string of the molecule is O=C(C1CCN(c2cccc(C(F)(F)F)c2)C1)N1CCC(CC2CCC(O)(c3ccc(-c4ncccn4)cn3)CC2)C1. The number of aromatic nitrogens is 3. The van der Waals surface area contributed by atoms with Gasteiger partial charge in [0.2, 0.25) is 5.91 Å². The van der Waals surface area contributed by atoms with Crippen LogP contribution in [0.5, 0.6) is 0 Å². The number of hydrogen-bond donors (Lipinski definition) is 1. The Morgan fingerprint density at radius 2 is 1.71 bits per heavy atom. The summed E-state index contributed by atoms with van der Waals surface area (Å²) in [7, 11) is 0. The van der Waals surface area contributed by atoms with Crippen LogP contribution in [0.15, 0.2) is 61.1 Å². The molecule has 42 heavy (non-hydrogen) atoms. The number of likely N-dealkylation sites (tertiary alicyclic amines) is 1. The average molecular weight is 580 g/mol. The maximum atomic E-state index is 13.3. The molecule has 1 aliphatic carbocycles. The molecule has 2 aromatic heterocycles. The van der Waals surface area contributed by atoms with Crippen LogP contribution in [-0.4, -0.2) is 57.0 Å². The van der Waals surface area contributed by atoms with Gasteiger partial charge in [0.1, 0.15) is 5.60 Å². The smallest absolute Gasteiger partial charge is 0.384 e. The number of alkyl halides is 3. The van der Waals surface area contributed by atoms with E-state index in [9.17, 15) is 23.1 Å². The van der Waals surface area contributed by atoms with Crippen LogP contribution < -0.4 is 4.90 Å². The zero-order chi connectivity index (χ0) is 29.3. The second kappa shape index (κ2) is 11.6. The van der Waals surface area contributed by atoms with E-state index in [-0.39, 0.29) is 11.8 Å². The highest BCUT2D eigenvalue weighted by Gasteiger charge is 2.39. The molecule has 3 fully saturated rings. The first-order valence-electron chi connectivity index (χ1n) is 14.9. The van der Waals surface area contributed by atoms with Crippen molar-refractivity contribution in [3.05, 3.63) is 72.3 Å². The van der Waals surface area contributed by atoms with Crippen LogP contribution in [0.1, 0.15) is 56.2 Å². The summed E-state index contributed by atoms with van der Waals surface area (Å²) in [5.74, 6) is 1.49. The Kier molecular flexibility index (Phi) is 7.91. The third-order valence-corrected chi connectivity index (χ3v) is 9.34. The van der Waals surface area contributed by atoms with Gasteiger partial charge in [0.25, 0.3) is 0 Å². The fourth-order valence-corrected chi connectivity index (χ4v) is 6.93. The van der Waals surface area contributed by atoms with E-state index in [1.165, 1.54) is 12.1 Å². The molecular formula is C32H36F3N5O2. The van der Waals surface area contributed by atoms with Crippen molar-refractivity contribution in [2.75, 3.05) is 31.1 Å². The van der Waals surface area contributed by atoms with Crippen molar-refractivity contribution < 1.29 is 23.1 Å². The van der Waals surface area contributed by atoms with Crippen molar-refractivity contribution in [1.29, 1.82) is 0 Å². The molecule has 4 heterocycles. The molecule has 0 radical (unpaired) electrons. The zero-order valence-corrected chi connectivity index (χ0v) is 23.5. The van der Waals surface area contributed by atoms with Crippen molar-refractivity contribution >= 4 is 11.6 Å². The Hall–Kier alpha value is -3.53. The highest BCUT2D eigenvalue weighted by molar-refractivity contribution is 5.80. The summed E-state index contributed by atoms with van der Waals surface area (Å²) in [6, 6.07) is 10.9. The van der Waals surface area contributed by atoms with E-state index in [1.807, 2.05) is 21.9 Å². The molecular weight excluding hydrogens is 543 g/mol. The summed E-state index contributed by atoms with van der Waals surface area (Å²) in [6.45, 7) is 2.51. The molecule has 6 rings (SSSR count). The van der Waals surface area contributed by atoms with Gasteiger partial charge in [0, 0.05) is 56.0 Å². The van der Waals surface area contributed by atoms with E-state index in [0.29, 0.717) is 61.4 Å². The van der Waals surface area contributed by atoms with E-state index in [0.717, 1.165) is 50.4 Å². The van der Waals surface area contributed by atoms with E-state index < -0.39 is 17.3 Å². The fraction of sp³-hybridized carbons (Fsp3) is 0.500. The second-order valence-corrected chi connectivity index (χ2v) is 12.1. The van der Waals surface area contributed by atoms with Crippen LogP contribution in [-0.2, 0) is 16.6 Å². The van der Waals surface area contributed by atoms with E-state index in [1.54, 1.807) is 30.7 Å². The van der Waals surface area contributed by atoms with Crippen molar-refractivity contribution in [3.63, 3.8) is 0 Å². The molecule has 2 saturated heterocycles. The molecule has 2 atom stereocenters. The van der Waals surface area contributed by atoms with Crippen molar-refractivity contribution in [2.24, 2.45) is 17.8 Å². The number of nitrogens with zero attached hydrogens (tertiary/aromatic N) is 5. The lowest BCUT2D eigenvalue weighted by Crippen LogP contribution is -2.36. The summed E-state index contributed by atoms with van der Waals surface area (Å²) < 4.78 is 39.5. The molecule has 2 aliphatic heterocycles. The second-order valence-electron chi connectivity index (χ2n) is 12.1. The van der Waals surface area contributed by atoms with Crippen LogP contribution >= 0.6 is 0 Å². The molecule has 1 aromatic carbocycles. The first kappa shape index (κ1) is 28.6. The molecule has 0 bridgehead atoms. The van der Waals surface area contributed by atoms with Gasteiger partial charge < -0.3 is 14.9 Å². The lowest BCUT2D eigenvalue weighted by Gasteiger charge is -2.36. The summed E-state index contributed by atoms with van der Waals surface area (Å²) in [5.41, 5.74) is 0.434. The van der Waals surface area contributed by atoms with Crippen molar-refractivity contribution in [1.82, 2.24) is 19.9 Å². The van der Waals surface area contributed by atoms with Gasteiger partial charge >= 0.3 is 6.18 Å².